The Morgan fingerprint density at radius 2 is 1.87 bits per heavy atom. The Labute approximate surface area is 174 Å². The van der Waals surface area contributed by atoms with Crippen LogP contribution in [0.25, 0.3) is 11.0 Å². The number of hydrogen-bond acceptors (Lipinski definition) is 4. The summed E-state index contributed by atoms with van der Waals surface area (Å²) in [5, 5.41) is 5.55. The number of nitrogens with one attached hydrogen (secondary N) is 2. The first-order chi connectivity index (χ1) is 14.6. The minimum absolute atomic E-state index is 0.155. The number of aryl methyl sites for hydroxylation is 1. The van der Waals surface area contributed by atoms with Crippen LogP contribution in [0.2, 0.25) is 0 Å². The number of fused-ring (bicyclic) bond motifs is 1. The Balaban J connectivity index is 1.71. The molecular formula is C23H24N4O3. The topological polar surface area (TPSA) is 85.2 Å². The van der Waals surface area contributed by atoms with Gasteiger partial charge in [0.2, 0.25) is 0 Å². The van der Waals surface area contributed by atoms with Crippen LogP contribution in [0.15, 0.2) is 65.9 Å². The Hall–Kier alpha value is -3.61. The van der Waals surface area contributed by atoms with Crippen molar-refractivity contribution in [3.05, 3.63) is 77.3 Å². The van der Waals surface area contributed by atoms with E-state index in [4.69, 9.17) is 9.72 Å². The number of rotatable bonds is 6. The molecule has 154 valence electrons. The van der Waals surface area contributed by atoms with Gasteiger partial charge in [0.15, 0.2) is 0 Å². The lowest BCUT2D eigenvalue weighted by Crippen LogP contribution is -2.46. The molecule has 1 aliphatic heterocycles. The van der Waals surface area contributed by atoms with Crippen molar-refractivity contribution in [3.63, 3.8) is 0 Å². The summed E-state index contributed by atoms with van der Waals surface area (Å²) in [5.74, 6) is 0.142. The number of hydrogen-bond donors (Lipinski definition) is 2. The molecule has 7 heteroatoms. The molecule has 4 rings (SSSR count). The second-order valence-corrected chi connectivity index (χ2v) is 7.24. The summed E-state index contributed by atoms with van der Waals surface area (Å²) < 4.78 is 7.63. The van der Waals surface area contributed by atoms with Crippen molar-refractivity contribution in [1.29, 1.82) is 0 Å². The molecule has 0 aliphatic carbocycles. The fourth-order valence-electron chi connectivity index (χ4n) is 3.73. The minimum Gasteiger partial charge on any atom is -0.457 e. The van der Waals surface area contributed by atoms with E-state index in [0.717, 1.165) is 29.6 Å². The highest BCUT2D eigenvalue weighted by Crippen LogP contribution is 2.30. The number of benzene rings is 2. The maximum absolute atomic E-state index is 13.0. The summed E-state index contributed by atoms with van der Waals surface area (Å²) >= 11 is 0. The van der Waals surface area contributed by atoms with Crippen LogP contribution in [0, 0.1) is 0 Å². The van der Waals surface area contributed by atoms with Crippen molar-refractivity contribution in [2.24, 2.45) is 0 Å². The molecule has 0 fully saturated rings. The summed E-state index contributed by atoms with van der Waals surface area (Å²) in [6, 6.07) is 16.2. The lowest BCUT2D eigenvalue weighted by molar-refractivity contribution is -0.140. The van der Waals surface area contributed by atoms with Gasteiger partial charge in [-0.1, -0.05) is 49.4 Å². The second kappa shape index (κ2) is 8.41. The first-order valence-corrected chi connectivity index (χ1v) is 10.0. The molecule has 0 saturated heterocycles. The van der Waals surface area contributed by atoms with Crippen LogP contribution in [-0.2, 0) is 22.7 Å². The lowest BCUT2D eigenvalue weighted by atomic mass is 10.0. The molecule has 2 amide bonds. The number of ether oxygens (including phenoxy) is 1. The first-order valence-electron chi connectivity index (χ1n) is 10.0. The van der Waals surface area contributed by atoms with E-state index in [2.05, 4.69) is 22.1 Å². The van der Waals surface area contributed by atoms with Crippen LogP contribution >= 0.6 is 0 Å². The lowest BCUT2D eigenvalue weighted by Gasteiger charge is -2.28. The number of allylic oxidation sites excluding steroid dienone is 1. The van der Waals surface area contributed by atoms with Crippen molar-refractivity contribution in [2.45, 2.75) is 39.5 Å². The number of nitrogens with zero attached hydrogens (tertiary/aromatic N) is 2. The summed E-state index contributed by atoms with van der Waals surface area (Å²) in [7, 11) is 0. The van der Waals surface area contributed by atoms with Gasteiger partial charge in [-0.2, -0.15) is 0 Å². The van der Waals surface area contributed by atoms with Gasteiger partial charge >= 0.3 is 12.0 Å². The van der Waals surface area contributed by atoms with Crippen molar-refractivity contribution >= 4 is 23.0 Å². The second-order valence-electron chi connectivity index (χ2n) is 7.24. The van der Waals surface area contributed by atoms with Gasteiger partial charge in [0.05, 0.1) is 16.6 Å². The Kier molecular flexibility index (Phi) is 5.52. The van der Waals surface area contributed by atoms with Crippen molar-refractivity contribution in [3.8, 4) is 0 Å². The number of imidazole rings is 1. The predicted octanol–water partition coefficient (Wildman–Crippen LogP) is 3.82. The highest BCUT2D eigenvalue weighted by atomic mass is 16.5. The number of urea groups is 1. The van der Waals surface area contributed by atoms with Crippen molar-refractivity contribution in [1.82, 2.24) is 20.2 Å². The standard InChI is InChI=1S/C23H24N4O3/c1-3-13-27-18-12-8-7-11-17(18)25-21(27)20-19(15(2)24-23(29)26-20)22(28)30-14-16-9-5-4-6-10-16/h4-12,20H,3,13-14H2,1-2H3,(H2,24,26,29)/t20-/m0/s1. The summed E-state index contributed by atoms with van der Waals surface area (Å²) in [6.45, 7) is 4.66. The van der Waals surface area contributed by atoms with E-state index in [9.17, 15) is 9.59 Å². The fraction of sp³-hybridized carbons (Fsp3) is 0.261. The molecular weight excluding hydrogens is 380 g/mol. The molecule has 30 heavy (non-hydrogen) atoms. The van der Waals surface area contributed by atoms with E-state index in [1.54, 1.807) is 6.92 Å². The predicted molar refractivity (Wildman–Crippen MR) is 113 cm³/mol. The van der Waals surface area contributed by atoms with Gasteiger partial charge in [0.1, 0.15) is 18.5 Å². The highest BCUT2D eigenvalue weighted by Gasteiger charge is 2.35. The van der Waals surface area contributed by atoms with E-state index in [0.29, 0.717) is 17.1 Å². The number of amides is 2. The van der Waals surface area contributed by atoms with E-state index in [-0.39, 0.29) is 12.6 Å². The Morgan fingerprint density at radius 1 is 1.13 bits per heavy atom. The van der Waals surface area contributed by atoms with Gasteiger partial charge in [-0.05, 0) is 31.0 Å². The van der Waals surface area contributed by atoms with Crippen LogP contribution in [0.5, 0.6) is 0 Å². The van der Waals surface area contributed by atoms with E-state index < -0.39 is 12.0 Å². The summed E-state index contributed by atoms with van der Waals surface area (Å²) in [5.41, 5.74) is 3.52. The van der Waals surface area contributed by atoms with Gasteiger partial charge in [-0.15, -0.1) is 0 Å². The molecule has 1 aromatic heterocycles. The third kappa shape index (κ3) is 3.78. The third-order valence-electron chi connectivity index (χ3n) is 5.09. The van der Waals surface area contributed by atoms with Crippen molar-refractivity contribution in [2.75, 3.05) is 0 Å². The van der Waals surface area contributed by atoms with Crippen LogP contribution in [0.3, 0.4) is 0 Å². The van der Waals surface area contributed by atoms with E-state index >= 15 is 0 Å². The number of esters is 1. The van der Waals surface area contributed by atoms with Gasteiger partial charge in [0.25, 0.3) is 0 Å². The zero-order valence-corrected chi connectivity index (χ0v) is 17.0. The SMILES string of the molecule is CCCn1c([C@H]2NC(=O)NC(C)=C2C(=O)OCc2ccccc2)nc2ccccc21. The quantitative estimate of drug-likeness (QED) is 0.612. The summed E-state index contributed by atoms with van der Waals surface area (Å²) in [6.07, 6.45) is 0.892. The average Bonchev–Trinajstić information content (AvgIpc) is 3.11. The average molecular weight is 404 g/mol. The molecule has 7 nitrogen and oxygen atoms in total. The zero-order chi connectivity index (χ0) is 21.1. The molecule has 0 bridgehead atoms. The molecule has 0 unspecified atom stereocenters. The minimum atomic E-state index is -0.694. The Morgan fingerprint density at radius 3 is 2.63 bits per heavy atom. The number of carbonyl (C=O) groups excluding carboxylic acids is 2. The molecule has 2 heterocycles. The van der Waals surface area contributed by atoms with E-state index in [1.807, 2.05) is 54.6 Å². The van der Waals surface area contributed by atoms with Crippen LogP contribution in [0.1, 0.15) is 37.7 Å². The van der Waals surface area contributed by atoms with Gasteiger partial charge in [-0.25, -0.2) is 14.6 Å². The normalized spacial score (nSPS) is 16.3. The van der Waals surface area contributed by atoms with Crippen molar-refractivity contribution < 1.29 is 14.3 Å². The maximum Gasteiger partial charge on any atom is 0.338 e. The zero-order valence-electron chi connectivity index (χ0n) is 17.0. The fourth-order valence-corrected chi connectivity index (χ4v) is 3.73. The number of para-hydroxylation sites is 2. The molecule has 0 saturated carbocycles. The molecule has 2 aromatic carbocycles. The van der Waals surface area contributed by atoms with Crippen LogP contribution in [-0.4, -0.2) is 21.6 Å². The number of aromatic nitrogens is 2. The smallest absolute Gasteiger partial charge is 0.338 e. The van der Waals surface area contributed by atoms with Gasteiger partial charge < -0.3 is 19.9 Å². The summed E-state index contributed by atoms with van der Waals surface area (Å²) in [4.78, 5) is 30.0. The molecule has 0 spiro atoms. The Bertz CT molecular complexity index is 1120. The highest BCUT2D eigenvalue weighted by molar-refractivity contribution is 5.95. The monoisotopic (exact) mass is 404 g/mol. The largest absolute Gasteiger partial charge is 0.457 e. The third-order valence-corrected chi connectivity index (χ3v) is 5.09. The maximum atomic E-state index is 13.0. The molecule has 1 atom stereocenters. The van der Waals surface area contributed by atoms with E-state index in [1.165, 1.54) is 0 Å². The molecule has 3 aromatic rings. The van der Waals surface area contributed by atoms with Crippen LogP contribution < -0.4 is 10.6 Å². The van der Waals surface area contributed by atoms with Gasteiger partial charge in [-0.3, -0.25) is 0 Å². The van der Waals surface area contributed by atoms with Crippen LogP contribution in [0.4, 0.5) is 4.79 Å². The molecule has 2 N–H and O–H groups in total. The first kappa shape index (κ1) is 19.7. The van der Waals surface area contributed by atoms with Gasteiger partial charge in [0, 0.05) is 12.2 Å². The number of carbonyl (C=O) groups is 2. The molecule has 1 aliphatic rings. The molecule has 0 radical (unpaired) electrons.